The van der Waals surface area contributed by atoms with Gasteiger partial charge in [-0.15, -0.1) is 11.3 Å². The van der Waals surface area contributed by atoms with Crippen LogP contribution < -0.4 is 10.9 Å². The van der Waals surface area contributed by atoms with Crippen LogP contribution in [0.15, 0.2) is 39.6 Å². The van der Waals surface area contributed by atoms with E-state index in [0.717, 1.165) is 6.42 Å². The summed E-state index contributed by atoms with van der Waals surface area (Å²) >= 11 is 8.60. The van der Waals surface area contributed by atoms with E-state index in [9.17, 15) is 14.0 Å². The fourth-order valence-corrected chi connectivity index (χ4v) is 4.53. The maximum absolute atomic E-state index is 13.1. The highest BCUT2D eigenvalue weighted by atomic mass is 35.5. The third-order valence-electron chi connectivity index (χ3n) is 4.28. The molecule has 0 aliphatic carbocycles. The SMILES string of the molecule is CC(C)CCn1c(SCC(=O)NCc2ccc(F)cc2Cl)nc2ccsc2c1=O. The Morgan fingerprint density at radius 3 is 2.90 bits per heavy atom. The van der Waals surface area contributed by atoms with E-state index in [-0.39, 0.29) is 28.8 Å². The number of hydrogen-bond donors (Lipinski definition) is 1. The number of nitrogens with one attached hydrogen (secondary N) is 1. The molecule has 1 N–H and O–H groups in total. The molecule has 0 unspecified atom stereocenters. The van der Waals surface area contributed by atoms with Gasteiger partial charge in [-0.25, -0.2) is 9.37 Å². The van der Waals surface area contributed by atoms with Crippen LogP contribution >= 0.6 is 34.7 Å². The van der Waals surface area contributed by atoms with Crippen molar-refractivity contribution >= 4 is 50.8 Å². The van der Waals surface area contributed by atoms with Crippen LogP contribution in [0, 0.1) is 11.7 Å². The predicted octanol–water partition coefficient (Wildman–Crippen LogP) is 4.71. The normalized spacial score (nSPS) is 11.3. The lowest BCUT2D eigenvalue weighted by molar-refractivity contribution is -0.118. The van der Waals surface area contributed by atoms with Gasteiger partial charge in [0.2, 0.25) is 5.91 Å². The Hall–Kier alpha value is -1.90. The van der Waals surface area contributed by atoms with Crippen LogP contribution in [0.25, 0.3) is 10.2 Å². The quantitative estimate of drug-likeness (QED) is 0.396. The largest absolute Gasteiger partial charge is 0.351 e. The first kappa shape index (κ1) is 21.8. The van der Waals surface area contributed by atoms with E-state index in [4.69, 9.17) is 11.6 Å². The van der Waals surface area contributed by atoms with E-state index in [2.05, 4.69) is 24.1 Å². The number of halogens is 2. The van der Waals surface area contributed by atoms with Crippen molar-refractivity contribution in [2.75, 3.05) is 5.75 Å². The second-order valence-electron chi connectivity index (χ2n) is 6.97. The van der Waals surface area contributed by atoms with E-state index in [1.165, 1.54) is 35.2 Å². The van der Waals surface area contributed by atoms with Crippen LogP contribution in [-0.4, -0.2) is 21.2 Å². The topological polar surface area (TPSA) is 64.0 Å². The maximum atomic E-state index is 13.1. The van der Waals surface area contributed by atoms with Crippen molar-refractivity contribution in [1.29, 1.82) is 0 Å². The number of amides is 1. The first-order valence-corrected chi connectivity index (χ1v) is 11.4. The van der Waals surface area contributed by atoms with Gasteiger partial charge in [0.25, 0.3) is 5.56 Å². The molecule has 5 nitrogen and oxygen atoms in total. The fourth-order valence-electron chi connectivity index (χ4n) is 2.66. The van der Waals surface area contributed by atoms with Gasteiger partial charge in [0.05, 0.1) is 11.3 Å². The van der Waals surface area contributed by atoms with E-state index in [1.54, 1.807) is 10.6 Å². The molecule has 0 radical (unpaired) electrons. The zero-order valence-corrected chi connectivity index (χ0v) is 18.5. The summed E-state index contributed by atoms with van der Waals surface area (Å²) in [5.74, 6) is -0.0781. The monoisotopic (exact) mass is 453 g/mol. The molecule has 2 heterocycles. The fraction of sp³-hybridized carbons (Fsp3) is 0.350. The Balaban J connectivity index is 1.69. The summed E-state index contributed by atoms with van der Waals surface area (Å²) < 4.78 is 15.4. The van der Waals surface area contributed by atoms with Crippen molar-refractivity contribution in [3.8, 4) is 0 Å². The summed E-state index contributed by atoms with van der Waals surface area (Å²) in [6, 6.07) is 5.87. The lowest BCUT2D eigenvalue weighted by Crippen LogP contribution is -2.27. The number of thioether (sulfide) groups is 1. The van der Waals surface area contributed by atoms with Crippen molar-refractivity contribution in [2.24, 2.45) is 5.92 Å². The lowest BCUT2D eigenvalue weighted by atomic mass is 10.1. The molecule has 0 aliphatic rings. The number of fused-ring (bicyclic) bond motifs is 1. The van der Waals surface area contributed by atoms with Crippen LogP contribution in [0.2, 0.25) is 5.02 Å². The van der Waals surface area contributed by atoms with Crippen LogP contribution in [0.3, 0.4) is 0 Å². The molecular formula is C20H21ClFN3O2S2. The van der Waals surface area contributed by atoms with Crippen molar-refractivity contribution in [3.63, 3.8) is 0 Å². The lowest BCUT2D eigenvalue weighted by Gasteiger charge is -2.13. The molecule has 3 rings (SSSR count). The summed E-state index contributed by atoms with van der Waals surface area (Å²) in [5, 5.41) is 5.42. The van der Waals surface area contributed by atoms with Gasteiger partial charge in [-0.1, -0.05) is 43.3 Å². The van der Waals surface area contributed by atoms with Gasteiger partial charge in [0.1, 0.15) is 10.5 Å². The molecule has 1 amide bonds. The minimum absolute atomic E-state index is 0.0633. The zero-order valence-electron chi connectivity index (χ0n) is 16.1. The van der Waals surface area contributed by atoms with Crippen LogP contribution in [0.4, 0.5) is 4.39 Å². The Bertz CT molecular complexity index is 1080. The molecule has 0 aliphatic heterocycles. The van der Waals surface area contributed by atoms with Gasteiger partial charge in [0, 0.05) is 18.1 Å². The van der Waals surface area contributed by atoms with Crippen LogP contribution in [-0.2, 0) is 17.9 Å². The number of hydrogen-bond acceptors (Lipinski definition) is 5. The van der Waals surface area contributed by atoms with Gasteiger partial charge < -0.3 is 5.32 Å². The Morgan fingerprint density at radius 1 is 1.38 bits per heavy atom. The standard InChI is InChI=1S/C20H21ClFN3O2S2/c1-12(2)5-7-25-19(27)18-16(6-8-28-18)24-20(25)29-11-17(26)23-10-13-3-4-14(22)9-15(13)21/h3-4,6,8-9,12H,5,7,10-11H2,1-2H3,(H,23,26). The molecule has 0 fully saturated rings. The highest BCUT2D eigenvalue weighted by Crippen LogP contribution is 2.22. The molecule has 3 aromatic rings. The molecule has 29 heavy (non-hydrogen) atoms. The average molecular weight is 454 g/mol. The summed E-state index contributed by atoms with van der Waals surface area (Å²) in [7, 11) is 0. The molecule has 2 aromatic heterocycles. The van der Waals surface area contributed by atoms with Crippen LogP contribution in [0.1, 0.15) is 25.8 Å². The molecule has 0 bridgehead atoms. The number of carbonyl (C=O) groups excluding carboxylic acids is 1. The van der Waals surface area contributed by atoms with Crippen molar-refractivity contribution in [3.05, 3.63) is 56.4 Å². The van der Waals surface area contributed by atoms with Gasteiger partial charge in [-0.2, -0.15) is 0 Å². The molecule has 0 spiro atoms. The zero-order chi connectivity index (χ0) is 21.0. The summed E-state index contributed by atoms with van der Waals surface area (Å²) in [4.78, 5) is 29.7. The Morgan fingerprint density at radius 2 is 2.17 bits per heavy atom. The van der Waals surface area contributed by atoms with Crippen molar-refractivity contribution < 1.29 is 9.18 Å². The van der Waals surface area contributed by atoms with Gasteiger partial charge in [-0.3, -0.25) is 14.2 Å². The van der Waals surface area contributed by atoms with Gasteiger partial charge >= 0.3 is 0 Å². The molecule has 0 saturated carbocycles. The first-order chi connectivity index (χ1) is 13.8. The van der Waals surface area contributed by atoms with Gasteiger partial charge in [0.15, 0.2) is 5.16 Å². The van der Waals surface area contributed by atoms with E-state index >= 15 is 0 Å². The van der Waals surface area contributed by atoms with Crippen LogP contribution in [0.5, 0.6) is 0 Å². The third kappa shape index (κ3) is 5.58. The summed E-state index contributed by atoms with van der Waals surface area (Å²) in [6.07, 6.45) is 0.849. The number of aromatic nitrogens is 2. The first-order valence-electron chi connectivity index (χ1n) is 9.16. The highest BCUT2D eigenvalue weighted by Gasteiger charge is 2.15. The minimum atomic E-state index is -0.421. The van der Waals surface area contributed by atoms with Crippen molar-refractivity contribution in [1.82, 2.24) is 14.9 Å². The van der Waals surface area contributed by atoms with Crippen molar-refractivity contribution in [2.45, 2.75) is 38.5 Å². The third-order valence-corrected chi connectivity index (χ3v) is 6.50. The Kier molecular flexibility index (Phi) is 7.32. The molecular weight excluding hydrogens is 433 g/mol. The molecule has 154 valence electrons. The van der Waals surface area contributed by atoms with E-state index < -0.39 is 5.82 Å². The summed E-state index contributed by atoms with van der Waals surface area (Å²) in [6.45, 7) is 4.97. The molecule has 1 aromatic carbocycles. The number of carbonyl (C=O) groups is 1. The van der Waals surface area contributed by atoms with Gasteiger partial charge in [-0.05, 0) is 41.5 Å². The second kappa shape index (κ2) is 9.73. The Labute approximate surface area is 181 Å². The van der Waals surface area contributed by atoms with E-state index in [1.807, 2.05) is 11.4 Å². The molecule has 0 atom stereocenters. The number of rotatable bonds is 8. The predicted molar refractivity (Wildman–Crippen MR) is 117 cm³/mol. The van der Waals surface area contributed by atoms with E-state index in [0.29, 0.717) is 33.4 Å². The average Bonchev–Trinajstić information content (AvgIpc) is 3.13. The maximum Gasteiger partial charge on any atom is 0.272 e. The number of benzene rings is 1. The molecule has 0 saturated heterocycles. The highest BCUT2D eigenvalue weighted by molar-refractivity contribution is 7.99. The number of thiophene rings is 1. The molecule has 9 heteroatoms. The second-order valence-corrected chi connectivity index (χ2v) is 9.24. The smallest absolute Gasteiger partial charge is 0.272 e. The minimum Gasteiger partial charge on any atom is -0.351 e. The number of nitrogens with zero attached hydrogens (tertiary/aromatic N) is 2. The summed E-state index contributed by atoms with van der Waals surface area (Å²) in [5.41, 5.74) is 1.23.